The molecule has 0 saturated heterocycles. The van der Waals surface area contributed by atoms with Crippen LogP contribution in [-0.2, 0) is 42.7 Å². The van der Waals surface area contributed by atoms with Crippen molar-refractivity contribution in [2.75, 3.05) is 9.80 Å². The number of aromatic nitrogens is 2. The zero-order valence-corrected chi connectivity index (χ0v) is 46.6. The Bertz CT molecular complexity index is 4560. The Balaban J connectivity index is 0.00000817. The minimum atomic E-state index is -0.655. The number of rotatable bonds is 8. The average Bonchev–Trinajstić information content (AvgIpc) is 1.74. The fourth-order valence-corrected chi connectivity index (χ4v) is 10.6. The smallest absolute Gasteiger partial charge is 0.135 e. The van der Waals surface area contributed by atoms with Crippen LogP contribution in [0, 0.1) is 18.8 Å². The second-order valence-corrected chi connectivity index (χ2v) is 23.1. The molecule has 384 valence electrons. The van der Waals surface area contributed by atoms with Gasteiger partial charge < -0.3 is 19.1 Å². The molecule has 0 unspecified atom stereocenters. The van der Waals surface area contributed by atoms with Crippen LogP contribution in [0.1, 0.15) is 122 Å². The van der Waals surface area contributed by atoms with Crippen molar-refractivity contribution in [1.29, 1.82) is 0 Å². The molecule has 0 amide bonds. The first-order valence-corrected chi connectivity index (χ1v) is 25.5. The molecule has 76 heavy (non-hydrogen) atoms. The van der Waals surface area contributed by atoms with Crippen LogP contribution in [0.4, 0.5) is 22.7 Å². The van der Waals surface area contributed by atoms with E-state index in [0.29, 0.717) is 50.5 Å². The van der Waals surface area contributed by atoms with Gasteiger partial charge in [-0.1, -0.05) is 178 Å². The third-order valence-corrected chi connectivity index (χ3v) is 15.0. The molecule has 0 radical (unpaired) electrons. The fraction of sp³-hybridized carbons (Fsp3) is 0.229. The van der Waals surface area contributed by atoms with Crippen LogP contribution in [-0.4, -0.2) is 9.55 Å². The molecule has 10 aromatic rings. The molecule has 1 aliphatic carbocycles. The molecule has 1 aliphatic heterocycles. The number of benzene rings is 8. The number of hydrogen-bond donors (Lipinski definition) is 0. The Hall–Kier alpha value is -7.20. The van der Waals surface area contributed by atoms with Gasteiger partial charge in [0, 0.05) is 72.5 Å². The van der Waals surface area contributed by atoms with Gasteiger partial charge in [-0.15, -0.1) is 48.1 Å². The summed E-state index contributed by atoms with van der Waals surface area (Å²) >= 11 is 0. The van der Waals surface area contributed by atoms with Crippen molar-refractivity contribution in [2.24, 2.45) is 0 Å². The summed E-state index contributed by atoms with van der Waals surface area (Å²) in [7, 11) is 0. The SMILES string of the molecule is [2H]c1c([2H])c([2H])c(-c2c([2H])c([2H])c(-c3cc(C(C)(C)C)cc(-c4ccc5c(c4)C(C)(C)CCC5(C)C)c3N3[CH-]N(c4[c-]c(Oc5[c-]c6c(cc5)c5c([2H])c([2H])c([2H])c([2H])c5n6-c5cc(C(C)(C)C)ccn5)ccc4)c4ccccc43)c([2H])c2[2H])c([2H])c1[2H].[Pt]. The van der Waals surface area contributed by atoms with Crippen LogP contribution >= 0.6 is 0 Å². The average molecular weight is 1190 g/mol. The van der Waals surface area contributed by atoms with Gasteiger partial charge in [0.1, 0.15) is 5.82 Å². The molecule has 12 rings (SSSR count). The molecular formula is C70H65N4OPt-3. The number of nitrogens with zero attached hydrogens (tertiary/aromatic N) is 4. The number of para-hydroxylation sites is 3. The van der Waals surface area contributed by atoms with E-state index in [9.17, 15) is 5.48 Å². The largest absolute Gasteiger partial charge is 0.509 e. The molecule has 0 fully saturated rings. The Morgan fingerprint density at radius 1 is 0.566 bits per heavy atom. The van der Waals surface area contributed by atoms with E-state index < -0.39 is 70.9 Å². The van der Waals surface area contributed by atoms with Crippen molar-refractivity contribution in [3.05, 3.63) is 223 Å². The van der Waals surface area contributed by atoms with E-state index >= 15 is 0 Å². The van der Waals surface area contributed by atoms with Gasteiger partial charge in [0.15, 0.2) is 0 Å². The van der Waals surface area contributed by atoms with Gasteiger partial charge in [0.05, 0.1) is 17.8 Å². The van der Waals surface area contributed by atoms with Gasteiger partial charge in [-0.2, -0.15) is 12.1 Å². The summed E-state index contributed by atoms with van der Waals surface area (Å²) < 4.78 is 126. The molecular weight excluding hydrogens is 1110 g/mol. The van der Waals surface area contributed by atoms with Gasteiger partial charge in [-0.3, -0.25) is 0 Å². The maximum absolute atomic E-state index is 9.93. The zero-order chi connectivity index (χ0) is 63.3. The van der Waals surface area contributed by atoms with Crippen molar-refractivity contribution in [1.82, 2.24) is 9.55 Å². The summed E-state index contributed by atoms with van der Waals surface area (Å²) in [6, 6.07) is 31.9. The molecule has 2 aliphatic rings. The van der Waals surface area contributed by atoms with Crippen molar-refractivity contribution < 1.29 is 43.6 Å². The van der Waals surface area contributed by atoms with E-state index in [-0.39, 0.29) is 78.3 Å². The van der Waals surface area contributed by atoms with Gasteiger partial charge in [0.2, 0.25) is 0 Å². The van der Waals surface area contributed by atoms with Crippen LogP contribution in [0.3, 0.4) is 0 Å². The quantitative estimate of drug-likeness (QED) is 0.142. The van der Waals surface area contributed by atoms with E-state index in [0.717, 1.165) is 40.8 Å². The molecule has 3 heterocycles. The van der Waals surface area contributed by atoms with Crippen LogP contribution in [0.2, 0.25) is 0 Å². The van der Waals surface area contributed by atoms with E-state index in [1.165, 1.54) is 11.1 Å². The van der Waals surface area contributed by atoms with Gasteiger partial charge in [-0.25, -0.2) is 4.98 Å². The first-order chi connectivity index (χ1) is 41.3. The van der Waals surface area contributed by atoms with Crippen molar-refractivity contribution in [3.8, 4) is 50.7 Å². The first kappa shape index (κ1) is 37.5. The van der Waals surface area contributed by atoms with Crippen LogP contribution in [0.5, 0.6) is 11.5 Å². The minimum absolute atomic E-state index is 0. The monoisotopic (exact) mass is 1190 g/mol. The summed E-state index contributed by atoms with van der Waals surface area (Å²) in [5.41, 5.74) is 7.60. The summed E-state index contributed by atoms with van der Waals surface area (Å²) in [5, 5.41) is 0.865. The molecule has 6 heteroatoms. The molecule has 0 spiro atoms. The molecule has 0 saturated carbocycles. The zero-order valence-electron chi connectivity index (χ0n) is 57.3. The maximum atomic E-state index is 9.93. The third kappa shape index (κ3) is 9.15. The van der Waals surface area contributed by atoms with E-state index in [2.05, 4.69) is 106 Å². The second-order valence-electron chi connectivity index (χ2n) is 23.1. The van der Waals surface area contributed by atoms with E-state index in [4.69, 9.17) is 22.1 Å². The van der Waals surface area contributed by atoms with E-state index in [1.54, 1.807) is 29.0 Å². The minimum Gasteiger partial charge on any atom is -0.509 e. The summed E-state index contributed by atoms with van der Waals surface area (Å²) in [6.45, 7) is 23.5. The normalized spacial score (nSPS) is 17.3. The predicted molar refractivity (Wildman–Crippen MR) is 313 cm³/mol. The van der Waals surface area contributed by atoms with Crippen LogP contribution in [0.25, 0.3) is 61.0 Å². The van der Waals surface area contributed by atoms with Crippen LogP contribution < -0.4 is 14.5 Å². The molecule has 0 N–H and O–H groups in total. The van der Waals surface area contributed by atoms with E-state index in [1.807, 2.05) is 71.1 Å². The molecule has 5 nitrogen and oxygen atoms in total. The van der Waals surface area contributed by atoms with Gasteiger partial charge >= 0.3 is 0 Å². The second kappa shape index (κ2) is 19.1. The number of pyridine rings is 1. The molecule has 0 atom stereocenters. The van der Waals surface area contributed by atoms with Gasteiger partial charge in [-0.05, 0) is 127 Å². The van der Waals surface area contributed by atoms with Gasteiger partial charge in [0.25, 0.3) is 0 Å². The Kier molecular flexibility index (Phi) is 9.44. The third-order valence-electron chi connectivity index (χ3n) is 15.0. The molecule has 2 aromatic heterocycles. The van der Waals surface area contributed by atoms with Crippen molar-refractivity contribution >= 4 is 44.6 Å². The summed E-state index contributed by atoms with van der Waals surface area (Å²) in [4.78, 5) is 8.70. The van der Waals surface area contributed by atoms with Crippen molar-refractivity contribution in [2.45, 2.75) is 104 Å². The Morgan fingerprint density at radius 2 is 1.20 bits per heavy atom. The number of anilines is 4. The number of fused-ring (bicyclic) bond motifs is 5. The summed E-state index contributed by atoms with van der Waals surface area (Å²) in [6.07, 6.45) is 3.66. The number of ether oxygens (including phenoxy) is 1. The molecule has 0 bridgehead atoms. The fourth-order valence-electron chi connectivity index (χ4n) is 10.6. The Labute approximate surface area is 482 Å². The standard InChI is InChI=1S/C70H65N4O.Pt/c1-67(2,3)50-35-38-71-65(42-50)74-61-24-15-14-23-55(61)56-33-32-54(44-64(56)74)75-53-22-18-21-52(43-53)72-45-73(63-26-17-16-25-62(63)72)66-57(48-29-27-47(28-30-48)46-19-12-11-13-20-46)40-51(68(4,5)6)41-58(66)49-31-34-59-60(39-49)70(9,10)37-36-69(59,7)8;/h11-35,38-42,45H,36-37H2,1-10H3;/q-3;/i11D,12D,13D,14D,15D,19D,20D,23D,24D,27D,28D,29D,30D;. The molecule has 8 aromatic carbocycles. The van der Waals surface area contributed by atoms with Crippen LogP contribution in [0.15, 0.2) is 182 Å². The topological polar surface area (TPSA) is 33.5 Å². The number of hydrogen-bond acceptors (Lipinski definition) is 4. The van der Waals surface area contributed by atoms with Crippen molar-refractivity contribution in [3.63, 3.8) is 0 Å². The predicted octanol–water partition coefficient (Wildman–Crippen LogP) is 18.9. The maximum Gasteiger partial charge on any atom is 0.135 e. The Morgan fingerprint density at radius 3 is 1.92 bits per heavy atom. The summed E-state index contributed by atoms with van der Waals surface area (Å²) in [5.74, 6) is 1.05. The first-order valence-electron chi connectivity index (χ1n) is 32.0.